The van der Waals surface area contributed by atoms with E-state index in [2.05, 4.69) is 45.3 Å². The highest BCUT2D eigenvalue weighted by atomic mass is 32.2. The van der Waals surface area contributed by atoms with Crippen LogP contribution in [0.2, 0.25) is 0 Å². The Balaban J connectivity index is 1.40. The van der Waals surface area contributed by atoms with E-state index in [0.29, 0.717) is 0 Å². The molecule has 2 N–H and O–H groups in total. The summed E-state index contributed by atoms with van der Waals surface area (Å²) < 4.78 is 0. The predicted octanol–water partition coefficient (Wildman–Crippen LogP) is 3.04. The summed E-state index contributed by atoms with van der Waals surface area (Å²) in [5.41, 5.74) is 8.72. The van der Waals surface area contributed by atoms with Gasteiger partial charge in [0.05, 0.1) is 0 Å². The number of nitrogens with zero attached hydrogens (tertiary/aromatic N) is 2. The molecule has 4 nitrogen and oxygen atoms in total. The van der Waals surface area contributed by atoms with Gasteiger partial charge in [0.15, 0.2) is 0 Å². The molecule has 2 aromatic rings. The third-order valence-electron chi connectivity index (χ3n) is 3.38. The van der Waals surface area contributed by atoms with Gasteiger partial charge in [-0.25, -0.2) is 0 Å². The summed E-state index contributed by atoms with van der Waals surface area (Å²) >= 11 is 3.48. The summed E-state index contributed by atoms with van der Waals surface area (Å²) in [7, 11) is 0. The molecule has 22 heavy (non-hydrogen) atoms. The van der Waals surface area contributed by atoms with E-state index in [0.717, 1.165) is 21.2 Å². The van der Waals surface area contributed by atoms with Gasteiger partial charge in [0, 0.05) is 11.1 Å². The predicted molar refractivity (Wildman–Crippen MR) is 95.0 cm³/mol. The van der Waals surface area contributed by atoms with E-state index in [-0.39, 0.29) is 10.7 Å². The van der Waals surface area contributed by atoms with E-state index in [4.69, 9.17) is 0 Å². The Bertz CT molecular complexity index is 652. The monoisotopic (exact) mass is 326 g/mol. The standard InChI is InChI=1S/C16H14N4S2/c1-3-7-11(8-4-1)13-17-19-15(21-13)16-20-18-14(22-16)12-9-5-2-6-10-12/h1-10,15-16,19-20H/t15-,16-/m1/s1. The van der Waals surface area contributed by atoms with E-state index < -0.39 is 0 Å². The van der Waals surface area contributed by atoms with Gasteiger partial charge in [0.1, 0.15) is 20.8 Å². The van der Waals surface area contributed by atoms with Gasteiger partial charge in [-0.15, -0.1) is 0 Å². The molecule has 0 aliphatic carbocycles. The zero-order valence-corrected chi connectivity index (χ0v) is 13.3. The number of thioether (sulfide) groups is 2. The molecule has 0 unspecified atom stereocenters. The molecule has 0 saturated heterocycles. The van der Waals surface area contributed by atoms with Crippen LogP contribution in [0.1, 0.15) is 11.1 Å². The van der Waals surface area contributed by atoms with Crippen molar-refractivity contribution >= 4 is 33.6 Å². The van der Waals surface area contributed by atoms with Crippen LogP contribution in [0.25, 0.3) is 0 Å². The first kappa shape index (κ1) is 13.7. The van der Waals surface area contributed by atoms with Gasteiger partial charge < -0.3 is 0 Å². The maximum absolute atomic E-state index is 4.46. The molecular weight excluding hydrogens is 312 g/mol. The molecule has 2 aromatic carbocycles. The van der Waals surface area contributed by atoms with Crippen molar-refractivity contribution in [3.63, 3.8) is 0 Å². The number of nitrogens with one attached hydrogen (secondary N) is 2. The Morgan fingerprint density at radius 1 is 0.636 bits per heavy atom. The third-order valence-corrected chi connectivity index (χ3v) is 5.92. The number of hydrogen-bond acceptors (Lipinski definition) is 6. The number of hydrazone groups is 2. The first-order valence-corrected chi connectivity index (χ1v) is 8.77. The highest BCUT2D eigenvalue weighted by Crippen LogP contribution is 2.33. The van der Waals surface area contributed by atoms with Crippen LogP contribution in [0.4, 0.5) is 0 Å². The lowest BCUT2D eigenvalue weighted by molar-refractivity contribution is 0.600. The average Bonchev–Trinajstić information content (AvgIpc) is 3.26. The van der Waals surface area contributed by atoms with Crippen LogP contribution in [0.15, 0.2) is 70.9 Å². The molecule has 110 valence electrons. The van der Waals surface area contributed by atoms with Crippen LogP contribution in [0.5, 0.6) is 0 Å². The first-order valence-electron chi connectivity index (χ1n) is 7.01. The summed E-state index contributed by atoms with van der Waals surface area (Å²) in [6.07, 6.45) is 0. The first-order chi connectivity index (χ1) is 10.9. The molecule has 4 rings (SSSR count). The largest absolute Gasteiger partial charge is 0.292 e. The fourth-order valence-corrected chi connectivity index (χ4v) is 4.43. The van der Waals surface area contributed by atoms with Crippen molar-refractivity contribution in [3.05, 3.63) is 71.8 Å². The Morgan fingerprint density at radius 2 is 1.05 bits per heavy atom. The Labute approximate surface area is 137 Å². The van der Waals surface area contributed by atoms with Gasteiger partial charge in [-0.05, 0) is 0 Å². The number of benzene rings is 2. The van der Waals surface area contributed by atoms with E-state index in [1.807, 2.05) is 36.4 Å². The minimum absolute atomic E-state index is 0.171. The molecule has 2 aliphatic rings. The molecule has 0 bridgehead atoms. The normalized spacial score (nSPS) is 23.5. The fourth-order valence-electron chi connectivity index (χ4n) is 2.28. The maximum atomic E-state index is 4.46. The minimum Gasteiger partial charge on any atom is -0.292 e. The molecule has 0 saturated carbocycles. The van der Waals surface area contributed by atoms with Crippen molar-refractivity contribution in [1.82, 2.24) is 10.9 Å². The van der Waals surface area contributed by atoms with E-state index >= 15 is 0 Å². The van der Waals surface area contributed by atoms with Gasteiger partial charge in [-0.1, -0.05) is 84.2 Å². The summed E-state index contributed by atoms with van der Waals surface area (Å²) in [4.78, 5) is 0. The summed E-state index contributed by atoms with van der Waals surface area (Å²) in [5.74, 6) is 0. The molecule has 6 heteroatoms. The molecule has 0 aromatic heterocycles. The molecule has 2 heterocycles. The van der Waals surface area contributed by atoms with Crippen LogP contribution >= 0.6 is 23.5 Å². The second kappa shape index (κ2) is 6.06. The Kier molecular flexibility index (Phi) is 3.78. The lowest BCUT2D eigenvalue weighted by atomic mass is 10.2. The van der Waals surface area contributed by atoms with E-state index in [9.17, 15) is 0 Å². The van der Waals surface area contributed by atoms with Gasteiger partial charge in [0.2, 0.25) is 0 Å². The molecular formula is C16H14N4S2. The Hall–Kier alpha value is -1.92. The smallest absolute Gasteiger partial charge is 0.127 e. The minimum atomic E-state index is 0.171. The molecule has 2 atom stereocenters. The summed E-state index contributed by atoms with van der Waals surface area (Å²) in [5, 5.41) is 11.3. The van der Waals surface area contributed by atoms with Crippen LogP contribution in [-0.2, 0) is 0 Å². The number of hydrogen-bond donors (Lipinski definition) is 2. The Morgan fingerprint density at radius 3 is 1.45 bits per heavy atom. The van der Waals surface area contributed by atoms with Gasteiger partial charge in [0.25, 0.3) is 0 Å². The highest BCUT2D eigenvalue weighted by molar-refractivity contribution is 8.18. The zero-order chi connectivity index (χ0) is 14.8. The maximum Gasteiger partial charge on any atom is 0.127 e. The fraction of sp³-hybridized carbons (Fsp3) is 0.125. The molecule has 0 spiro atoms. The molecule has 0 radical (unpaired) electrons. The van der Waals surface area contributed by atoms with Crippen LogP contribution in [-0.4, -0.2) is 20.8 Å². The summed E-state index contributed by atoms with van der Waals surface area (Å²) in [6, 6.07) is 20.5. The van der Waals surface area contributed by atoms with E-state index in [1.165, 1.54) is 0 Å². The zero-order valence-electron chi connectivity index (χ0n) is 11.6. The lowest BCUT2D eigenvalue weighted by Gasteiger charge is -2.15. The van der Waals surface area contributed by atoms with Crippen LogP contribution in [0.3, 0.4) is 0 Å². The second-order valence-corrected chi connectivity index (χ2v) is 7.16. The highest BCUT2D eigenvalue weighted by Gasteiger charge is 2.33. The van der Waals surface area contributed by atoms with Crippen molar-refractivity contribution in [3.8, 4) is 0 Å². The molecule has 0 fully saturated rings. The van der Waals surface area contributed by atoms with Gasteiger partial charge in [-0.3, -0.25) is 10.9 Å². The second-order valence-electron chi connectivity index (χ2n) is 4.90. The molecule has 2 aliphatic heterocycles. The number of rotatable bonds is 3. The SMILES string of the molecule is c1ccc(C2=NN[C@@H]([C@@H]3NN=C(c4ccccc4)S3)S2)cc1. The van der Waals surface area contributed by atoms with Crippen LogP contribution < -0.4 is 10.9 Å². The van der Waals surface area contributed by atoms with Crippen molar-refractivity contribution in [2.24, 2.45) is 10.2 Å². The summed E-state index contributed by atoms with van der Waals surface area (Å²) in [6.45, 7) is 0. The average molecular weight is 326 g/mol. The van der Waals surface area contributed by atoms with Gasteiger partial charge >= 0.3 is 0 Å². The third kappa shape index (κ3) is 2.71. The van der Waals surface area contributed by atoms with E-state index in [1.54, 1.807) is 23.5 Å². The van der Waals surface area contributed by atoms with Crippen molar-refractivity contribution in [2.75, 3.05) is 0 Å². The molecule has 0 amide bonds. The quantitative estimate of drug-likeness (QED) is 0.910. The van der Waals surface area contributed by atoms with Gasteiger partial charge in [-0.2, -0.15) is 10.2 Å². The topological polar surface area (TPSA) is 48.8 Å². The van der Waals surface area contributed by atoms with Crippen molar-refractivity contribution < 1.29 is 0 Å². The lowest BCUT2D eigenvalue weighted by Crippen LogP contribution is -2.35. The van der Waals surface area contributed by atoms with Crippen LogP contribution in [0, 0.1) is 0 Å². The van der Waals surface area contributed by atoms with Crippen molar-refractivity contribution in [1.29, 1.82) is 0 Å². The van der Waals surface area contributed by atoms with Crippen molar-refractivity contribution in [2.45, 2.75) is 10.7 Å².